The summed E-state index contributed by atoms with van der Waals surface area (Å²) in [5.41, 5.74) is 5.00. The van der Waals surface area contributed by atoms with Gasteiger partial charge in [0.05, 0.1) is 6.61 Å². The fraction of sp³-hybridized carbons (Fsp3) is 0.364. The Balaban J connectivity index is 3.14. The molecule has 114 valence electrons. The number of hydrogen-bond donors (Lipinski definition) is 1. The summed E-state index contributed by atoms with van der Waals surface area (Å²) in [6.07, 6.45) is 0.476. The standard InChI is InChI=1S/C11H9F4N3O3/c12-6-5(11(20)21-4-2-1-3-19)7(13)9(15)10(8(6)14)17-18-16/h19H,1-4H2. The lowest BCUT2D eigenvalue weighted by atomic mass is 10.1. The fourth-order valence-electron chi connectivity index (χ4n) is 1.38. The van der Waals surface area contributed by atoms with E-state index in [1.807, 2.05) is 4.91 Å². The Morgan fingerprint density at radius 3 is 2.19 bits per heavy atom. The maximum Gasteiger partial charge on any atom is 0.344 e. The molecule has 0 radical (unpaired) electrons. The van der Waals surface area contributed by atoms with Crippen molar-refractivity contribution in [1.82, 2.24) is 0 Å². The molecule has 0 atom stereocenters. The third-order valence-corrected chi connectivity index (χ3v) is 2.37. The lowest BCUT2D eigenvalue weighted by Gasteiger charge is -2.09. The minimum Gasteiger partial charge on any atom is -0.462 e. The SMILES string of the molecule is [N-]=[N+]=Nc1c(F)c(F)c(C(=O)OCCCCO)c(F)c1F. The highest BCUT2D eigenvalue weighted by atomic mass is 19.2. The van der Waals surface area contributed by atoms with Crippen molar-refractivity contribution in [2.24, 2.45) is 5.11 Å². The molecule has 0 spiro atoms. The molecule has 6 nitrogen and oxygen atoms in total. The first-order valence-electron chi connectivity index (χ1n) is 5.64. The minimum absolute atomic E-state index is 0.176. The normalized spacial score (nSPS) is 10.1. The maximum absolute atomic E-state index is 13.5. The van der Waals surface area contributed by atoms with Crippen molar-refractivity contribution >= 4 is 11.7 Å². The number of rotatable bonds is 6. The molecule has 1 aromatic rings. The van der Waals surface area contributed by atoms with Crippen LogP contribution < -0.4 is 0 Å². The molecule has 0 bridgehead atoms. The highest BCUT2D eigenvalue weighted by molar-refractivity contribution is 5.90. The van der Waals surface area contributed by atoms with E-state index < -0.39 is 40.5 Å². The number of nitrogens with zero attached hydrogens (tertiary/aromatic N) is 3. The predicted octanol–water partition coefficient (Wildman–Crippen LogP) is 3.11. The van der Waals surface area contributed by atoms with Crippen LogP contribution in [0.3, 0.4) is 0 Å². The average molecular weight is 307 g/mol. The van der Waals surface area contributed by atoms with Crippen LogP contribution in [0.5, 0.6) is 0 Å². The van der Waals surface area contributed by atoms with Crippen LogP contribution in [-0.2, 0) is 4.74 Å². The number of carbonyl (C=O) groups is 1. The van der Waals surface area contributed by atoms with Crippen LogP contribution in [0, 0.1) is 23.3 Å². The van der Waals surface area contributed by atoms with Gasteiger partial charge in [0.1, 0.15) is 11.3 Å². The second kappa shape index (κ2) is 7.46. The maximum atomic E-state index is 13.5. The fourth-order valence-corrected chi connectivity index (χ4v) is 1.38. The van der Waals surface area contributed by atoms with E-state index in [1.54, 1.807) is 0 Å². The van der Waals surface area contributed by atoms with Crippen molar-refractivity contribution in [2.45, 2.75) is 12.8 Å². The van der Waals surface area contributed by atoms with Crippen molar-refractivity contribution in [1.29, 1.82) is 0 Å². The topological polar surface area (TPSA) is 95.3 Å². The summed E-state index contributed by atoms with van der Waals surface area (Å²) < 4.78 is 58.3. The molecule has 1 N–H and O–H groups in total. The molecular weight excluding hydrogens is 298 g/mol. The van der Waals surface area contributed by atoms with Crippen LogP contribution in [0.1, 0.15) is 23.2 Å². The number of hydrogen-bond acceptors (Lipinski definition) is 4. The zero-order valence-corrected chi connectivity index (χ0v) is 10.4. The van der Waals surface area contributed by atoms with Crippen molar-refractivity contribution in [3.05, 3.63) is 39.3 Å². The number of unbranched alkanes of at least 4 members (excludes halogenated alkanes) is 1. The third kappa shape index (κ3) is 3.61. The van der Waals surface area contributed by atoms with E-state index in [0.29, 0.717) is 0 Å². The summed E-state index contributed by atoms with van der Waals surface area (Å²) in [6.45, 7) is -0.468. The molecule has 0 amide bonds. The van der Waals surface area contributed by atoms with Crippen LogP contribution in [0.15, 0.2) is 5.11 Å². The molecule has 21 heavy (non-hydrogen) atoms. The smallest absolute Gasteiger partial charge is 0.344 e. The molecule has 0 aliphatic carbocycles. The first-order valence-corrected chi connectivity index (χ1v) is 5.64. The van der Waals surface area contributed by atoms with Crippen molar-refractivity contribution in [2.75, 3.05) is 13.2 Å². The Morgan fingerprint density at radius 2 is 1.71 bits per heavy atom. The van der Waals surface area contributed by atoms with Crippen LogP contribution in [0.25, 0.3) is 10.4 Å². The number of benzene rings is 1. The van der Waals surface area contributed by atoms with E-state index in [0.717, 1.165) is 0 Å². The quantitative estimate of drug-likeness (QED) is 0.166. The van der Waals surface area contributed by atoms with Crippen LogP contribution in [0.4, 0.5) is 23.2 Å². The van der Waals surface area contributed by atoms with Gasteiger partial charge in [-0.3, -0.25) is 0 Å². The van der Waals surface area contributed by atoms with E-state index in [4.69, 9.17) is 10.6 Å². The van der Waals surface area contributed by atoms with E-state index in [2.05, 4.69) is 9.85 Å². The summed E-state index contributed by atoms with van der Waals surface area (Å²) in [5.74, 6) is -9.61. The summed E-state index contributed by atoms with van der Waals surface area (Å²) >= 11 is 0. The molecule has 0 fully saturated rings. The number of esters is 1. The van der Waals surface area contributed by atoms with Gasteiger partial charge in [-0.2, -0.15) is 0 Å². The first kappa shape index (κ1) is 16.7. The van der Waals surface area contributed by atoms with E-state index in [9.17, 15) is 22.4 Å². The number of aliphatic hydroxyl groups excluding tert-OH is 1. The highest BCUT2D eigenvalue weighted by Crippen LogP contribution is 2.30. The van der Waals surface area contributed by atoms with Gasteiger partial charge in [-0.1, -0.05) is 5.11 Å². The number of ether oxygens (including phenoxy) is 1. The molecule has 1 rings (SSSR count). The molecule has 0 aliphatic heterocycles. The number of aliphatic hydroxyl groups is 1. The summed E-state index contributed by atoms with van der Waals surface area (Å²) in [4.78, 5) is 13.4. The zero-order valence-electron chi connectivity index (χ0n) is 10.4. The Kier molecular flexibility index (Phi) is 5.94. The predicted molar refractivity (Wildman–Crippen MR) is 61.7 cm³/mol. The average Bonchev–Trinajstić information content (AvgIpc) is 2.46. The van der Waals surface area contributed by atoms with Gasteiger partial charge in [0, 0.05) is 11.5 Å². The molecule has 0 saturated carbocycles. The first-order chi connectivity index (χ1) is 9.95. The number of halogens is 4. The Hall–Kier alpha value is -2.32. The van der Waals surface area contributed by atoms with Crippen LogP contribution in [-0.4, -0.2) is 24.3 Å². The monoisotopic (exact) mass is 307 g/mol. The Bertz CT molecular complexity index is 574. The molecule has 0 heterocycles. The summed E-state index contributed by atoms with van der Waals surface area (Å²) in [7, 11) is 0. The van der Waals surface area contributed by atoms with Gasteiger partial charge in [-0.15, -0.1) is 0 Å². The summed E-state index contributed by atoms with van der Waals surface area (Å²) in [5, 5.41) is 11.0. The molecule has 0 aromatic heterocycles. The molecule has 1 aromatic carbocycles. The van der Waals surface area contributed by atoms with E-state index >= 15 is 0 Å². The molecule has 0 unspecified atom stereocenters. The van der Waals surface area contributed by atoms with Crippen molar-refractivity contribution in [3.63, 3.8) is 0 Å². The minimum atomic E-state index is -2.01. The van der Waals surface area contributed by atoms with Gasteiger partial charge in [0.15, 0.2) is 23.3 Å². The van der Waals surface area contributed by atoms with Crippen LogP contribution >= 0.6 is 0 Å². The van der Waals surface area contributed by atoms with Gasteiger partial charge in [0.25, 0.3) is 0 Å². The van der Waals surface area contributed by atoms with Gasteiger partial charge in [-0.05, 0) is 18.4 Å². The summed E-state index contributed by atoms with van der Waals surface area (Å²) in [6, 6.07) is 0. The lowest BCUT2D eigenvalue weighted by Crippen LogP contribution is -2.14. The third-order valence-electron chi connectivity index (χ3n) is 2.37. The van der Waals surface area contributed by atoms with Crippen molar-refractivity contribution in [3.8, 4) is 0 Å². The number of azide groups is 1. The van der Waals surface area contributed by atoms with Crippen molar-refractivity contribution < 1.29 is 32.2 Å². The van der Waals surface area contributed by atoms with Gasteiger partial charge in [0.2, 0.25) is 0 Å². The van der Waals surface area contributed by atoms with Gasteiger partial charge < -0.3 is 9.84 Å². The Labute approximate surface area is 115 Å². The van der Waals surface area contributed by atoms with Gasteiger partial charge >= 0.3 is 5.97 Å². The number of carbonyl (C=O) groups excluding carboxylic acids is 1. The molecule has 10 heteroatoms. The molecular formula is C11H9F4N3O3. The highest BCUT2D eigenvalue weighted by Gasteiger charge is 2.29. The van der Waals surface area contributed by atoms with Gasteiger partial charge in [-0.25, -0.2) is 22.4 Å². The lowest BCUT2D eigenvalue weighted by molar-refractivity contribution is 0.0479. The van der Waals surface area contributed by atoms with E-state index in [1.165, 1.54) is 0 Å². The zero-order chi connectivity index (χ0) is 16.0. The van der Waals surface area contributed by atoms with Crippen LogP contribution in [0.2, 0.25) is 0 Å². The second-order valence-corrected chi connectivity index (χ2v) is 3.74. The Morgan fingerprint density at radius 1 is 1.14 bits per heavy atom. The molecule has 0 aliphatic rings. The van der Waals surface area contributed by atoms with E-state index in [-0.39, 0.29) is 26.1 Å². The molecule has 0 saturated heterocycles. The second-order valence-electron chi connectivity index (χ2n) is 3.74. The largest absolute Gasteiger partial charge is 0.462 e.